The molecule has 0 unspecified atom stereocenters. The maximum absolute atomic E-state index is 6.55. The highest BCUT2D eigenvalue weighted by molar-refractivity contribution is 6.60. The second-order valence-corrected chi connectivity index (χ2v) is 18.6. The molecule has 0 aromatic rings. The van der Waals surface area contributed by atoms with E-state index in [1.165, 1.54) is 231 Å². The Morgan fingerprint density at radius 3 is 0.694 bits per heavy atom. The highest BCUT2D eigenvalue weighted by Gasteiger charge is 2.39. The van der Waals surface area contributed by atoms with E-state index < -0.39 is 8.80 Å². The summed E-state index contributed by atoms with van der Waals surface area (Å²) < 4.78 is 19.2. The Hall–Kier alpha value is 0.0969. The van der Waals surface area contributed by atoms with Crippen LogP contribution in [0.2, 0.25) is 6.04 Å². The van der Waals surface area contributed by atoms with Gasteiger partial charge in [-0.1, -0.05) is 245 Å². The molecule has 49 heavy (non-hydrogen) atoms. The number of rotatable bonds is 44. The lowest BCUT2D eigenvalue weighted by molar-refractivity contribution is 0.0734. The molecule has 0 aromatic heterocycles. The first-order valence-electron chi connectivity index (χ1n) is 23.1. The molecule has 0 fully saturated rings. The molecule has 0 aliphatic carbocycles. The van der Waals surface area contributed by atoms with E-state index in [0.717, 1.165) is 32.1 Å². The van der Waals surface area contributed by atoms with Gasteiger partial charge in [0.2, 0.25) is 0 Å². The topological polar surface area (TPSA) is 27.7 Å². The van der Waals surface area contributed by atoms with Crippen molar-refractivity contribution in [1.29, 1.82) is 0 Å². The second kappa shape index (κ2) is 42.5. The Morgan fingerprint density at radius 2 is 0.469 bits per heavy atom. The van der Waals surface area contributed by atoms with Crippen molar-refractivity contribution in [3.63, 3.8) is 0 Å². The summed E-state index contributed by atoms with van der Waals surface area (Å²) in [6, 6.07) is 0.993. The van der Waals surface area contributed by atoms with E-state index in [4.69, 9.17) is 13.3 Å². The lowest BCUT2D eigenvalue weighted by atomic mass is 10.0. The van der Waals surface area contributed by atoms with Crippen LogP contribution in [0.1, 0.15) is 265 Å². The van der Waals surface area contributed by atoms with Crippen LogP contribution >= 0.6 is 0 Å². The summed E-state index contributed by atoms with van der Waals surface area (Å²) in [5.41, 5.74) is 0. The van der Waals surface area contributed by atoms with E-state index in [-0.39, 0.29) is 0 Å². The Labute approximate surface area is 312 Å². The molecule has 0 aliphatic heterocycles. The molecular formula is C45H94O3Si. The van der Waals surface area contributed by atoms with Gasteiger partial charge in [-0.25, -0.2) is 0 Å². The van der Waals surface area contributed by atoms with Crippen molar-refractivity contribution in [2.24, 2.45) is 0 Å². The molecule has 0 radical (unpaired) electrons. The summed E-state index contributed by atoms with van der Waals surface area (Å²) in [7, 11) is -0.704. The van der Waals surface area contributed by atoms with E-state index in [2.05, 4.69) is 20.8 Å². The highest BCUT2D eigenvalue weighted by Crippen LogP contribution is 2.22. The van der Waals surface area contributed by atoms with Crippen LogP contribution in [0.25, 0.3) is 0 Å². The maximum atomic E-state index is 6.55. The summed E-state index contributed by atoms with van der Waals surface area (Å²) in [5, 5.41) is 0. The highest BCUT2D eigenvalue weighted by atomic mass is 28.4. The predicted molar refractivity (Wildman–Crippen MR) is 222 cm³/mol. The van der Waals surface area contributed by atoms with Crippen molar-refractivity contribution < 1.29 is 13.3 Å². The molecule has 4 heteroatoms. The van der Waals surface area contributed by atoms with Crippen molar-refractivity contribution in [3.05, 3.63) is 0 Å². The minimum Gasteiger partial charge on any atom is -0.377 e. The average molecular weight is 711 g/mol. The van der Waals surface area contributed by atoms with Crippen LogP contribution in [0.4, 0.5) is 0 Å². The lowest BCUT2D eigenvalue weighted by Gasteiger charge is -2.28. The molecule has 0 saturated heterocycles. The molecule has 0 rings (SSSR count). The molecular weight excluding hydrogens is 617 g/mol. The van der Waals surface area contributed by atoms with Gasteiger partial charge in [-0.15, -0.1) is 0 Å². The summed E-state index contributed by atoms with van der Waals surface area (Å²) in [5.74, 6) is 0. The van der Waals surface area contributed by atoms with Gasteiger partial charge in [0.15, 0.2) is 0 Å². The fourth-order valence-corrected chi connectivity index (χ4v) is 9.69. The van der Waals surface area contributed by atoms with Crippen LogP contribution in [0.3, 0.4) is 0 Å². The maximum Gasteiger partial charge on any atom is 0.500 e. The van der Waals surface area contributed by atoms with Crippen LogP contribution in [-0.2, 0) is 13.3 Å². The molecule has 0 spiro atoms. The van der Waals surface area contributed by atoms with Crippen molar-refractivity contribution in [2.45, 2.75) is 271 Å². The van der Waals surface area contributed by atoms with Crippen molar-refractivity contribution in [1.82, 2.24) is 0 Å². The third kappa shape index (κ3) is 37.7. The van der Waals surface area contributed by atoms with Gasteiger partial charge in [-0.2, -0.15) is 0 Å². The molecule has 0 saturated carbocycles. The Balaban J connectivity index is 3.96. The standard InChI is InChI=1S/C45H94O3Si/c1-5-8-11-14-17-19-21-23-25-27-29-31-33-35-37-40-43-47-49(46-4,45-42-39-16-13-10-7-3)48-44-41-38-36-34-32-30-28-26-24-22-20-18-15-12-9-6-2/h5-45H2,1-4H3. The zero-order valence-corrected chi connectivity index (χ0v) is 35.7. The van der Waals surface area contributed by atoms with E-state index in [0.29, 0.717) is 0 Å². The van der Waals surface area contributed by atoms with Crippen molar-refractivity contribution in [2.75, 3.05) is 20.3 Å². The van der Waals surface area contributed by atoms with Gasteiger partial charge in [-0.05, 0) is 19.3 Å². The lowest BCUT2D eigenvalue weighted by Crippen LogP contribution is -2.45. The van der Waals surface area contributed by atoms with E-state index in [1.807, 2.05) is 7.11 Å². The molecule has 296 valence electrons. The van der Waals surface area contributed by atoms with E-state index in [1.54, 1.807) is 0 Å². The molecule has 0 aromatic carbocycles. The number of hydrogen-bond donors (Lipinski definition) is 0. The normalized spacial score (nSPS) is 12.0. The first kappa shape index (κ1) is 49.1. The zero-order chi connectivity index (χ0) is 35.6. The third-order valence-electron chi connectivity index (χ3n) is 10.8. The van der Waals surface area contributed by atoms with Gasteiger partial charge in [-0.3, -0.25) is 0 Å². The quantitative estimate of drug-likeness (QED) is 0.0465. The Bertz CT molecular complexity index is 548. The van der Waals surface area contributed by atoms with Crippen molar-refractivity contribution in [3.8, 4) is 0 Å². The van der Waals surface area contributed by atoms with Crippen LogP contribution in [-0.4, -0.2) is 29.1 Å². The molecule has 0 N–H and O–H groups in total. The Kier molecular flexibility index (Phi) is 42.6. The van der Waals surface area contributed by atoms with Gasteiger partial charge in [0.1, 0.15) is 0 Å². The SMILES string of the molecule is CCCCCCCCCCCCCCCCCCO[Si](CCCCCCCC)(OC)OCCCCCCCCCCCCCCCCCC. The molecule has 0 heterocycles. The van der Waals surface area contributed by atoms with Crippen LogP contribution < -0.4 is 0 Å². The average Bonchev–Trinajstić information content (AvgIpc) is 3.12. The molecule has 0 aliphatic rings. The molecule has 0 bridgehead atoms. The number of unbranched alkanes of at least 4 members (excludes halogenated alkanes) is 35. The van der Waals surface area contributed by atoms with Gasteiger partial charge < -0.3 is 13.3 Å². The summed E-state index contributed by atoms with van der Waals surface area (Å²) >= 11 is 0. The summed E-state index contributed by atoms with van der Waals surface area (Å²) in [6.07, 6.45) is 52.7. The molecule has 0 amide bonds. The van der Waals surface area contributed by atoms with Gasteiger partial charge >= 0.3 is 8.80 Å². The number of hydrogen-bond acceptors (Lipinski definition) is 3. The summed E-state index contributed by atoms with van der Waals surface area (Å²) in [4.78, 5) is 0. The minimum atomic E-state index is -2.56. The smallest absolute Gasteiger partial charge is 0.377 e. The Morgan fingerprint density at radius 1 is 0.265 bits per heavy atom. The van der Waals surface area contributed by atoms with Crippen LogP contribution in [0.5, 0.6) is 0 Å². The fourth-order valence-electron chi connectivity index (χ4n) is 7.28. The van der Waals surface area contributed by atoms with Gasteiger partial charge in [0.05, 0.1) is 0 Å². The second-order valence-electron chi connectivity index (χ2n) is 15.7. The monoisotopic (exact) mass is 711 g/mol. The molecule has 3 nitrogen and oxygen atoms in total. The largest absolute Gasteiger partial charge is 0.500 e. The van der Waals surface area contributed by atoms with E-state index in [9.17, 15) is 0 Å². The minimum absolute atomic E-state index is 0.813. The van der Waals surface area contributed by atoms with Crippen LogP contribution in [0.15, 0.2) is 0 Å². The van der Waals surface area contributed by atoms with Gasteiger partial charge in [0, 0.05) is 26.4 Å². The third-order valence-corrected chi connectivity index (χ3v) is 13.7. The zero-order valence-electron chi connectivity index (χ0n) is 34.7. The predicted octanol–water partition coefficient (Wildman–Crippen LogP) is 16.5. The molecule has 0 atom stereocenters. The van der Waals surface area contributed by atoms with E-state index >= 15 is 0 Å². The fraction of sp³-hybridized carbons (Fsp3) is 1.00. The first-order valence-corrected chi connectivity index (χ1v) is 25.0. The first-order chi connectivity index (χ1) is 24.2. The van der Waals surface area contributed by atoms with Gasteiger partial charge in [0.25, 0.3) is 0 Å². The summed E-state index contributed by atoms with van der Waals surface area (Å²) in [6.45, 7) is 8.53. The van der Waals surface area contributed by atoms with Crippen LogP contribution in [0, 0.1) is 0 Å². The van der Waals surface area contributed by atoms with Crippen molar-refractivity contribution >= 4 is 8.80 Å².